The Kier molecular flexibility index (Phi) is 4.21. The van der Waals surface area contributed by atoms with Crippen LogP contribution < -0.4 is 0 Å². The second-order valence-corrected chi connectivity index (χ2v) is 8.71. The van der Waals surface area contributed by atoms with Gasteiger partial charge in [-0.25, -0.2) is 8.42 Å². The number of hydrogen-bond acceptors (Lipinski definition) is 3. The maximum absolute atomic E-state index is 12.7. The minimum Gasteiger partial charge on any atom is -0.294 e. The SMILES string of the molecule is O=C(c1ccc(-c2ccccc2)cc1)[C@H]1C[C@@H]1S(=O)(=O)c1ccccc1. The quantitative estimate of drug-likeness (QED) is 0.632. The number of ketones is 1. The number of Topliss-reactive ketones (excluding diaryl/α,β-unsaturated/α-hetero) is 1. The van der Waals surface area contributed by atoms with Crippen molar-refractivity contribution < 1.29 is 13.2 Å². The van der Waals surface area contributed by atoms with Crippen LogP contribution in [-0.4, -0.2) is 19.5 Å². The van der Waals surface area contributed by atoms with Gasteiger partial charge in [0.2, 0.25) is 0 Å². The molecular formula is C22H18O3S. The molecule has 0 aromatic heterocycles. The molecule has 1 aliphatic rings. The van der Waals surface area contributed by atoms with Crippen molar-refractivity contribution in [2.75, 3.05) is 0 Å². The van der Waals surface area contributed by atoms with Crippen LogP contribution in [0.4, 0.5) is 0 Å². The molecule has 0 spiro atoms. The van der Waals surface area contributed by atoms with Crippen LogP contribution in [0.3, 0.4) is 0 Å². The van der Waals surface area contributed by atoms with Crippen molar-refractivity contribution in [3.8, 4) is 11.1 Å². The molecule has 0 heterocycles. The summed E-state index contributed by atoms with van der Waals surface area (Å²) in [7, 11) is -3.44. The van der Waals surface area contributed by atoms with Crippen LogP contribution in [0.15, 0.2) is 89.8 Å². The molecule has 0 radical (unpaired) electrons. The van der Waals surface area contributed by atoms with Crippen molar-refractivity contribution in [3.63, 3.8) is 0 Å². The van der Waals surface area contributed by atoms with Gasteiger partial charge in [-0.05, 0) is 29.7 Å². The van der Waals surface area contributed by atoms with E-state index in [-0.39, 0.29) is 5.78 Å². The molecule has 1 aliphatic carbocycles. The number of hydrogen-bond donors (Lipinski definition) is 0. The number of benzene rings is 3. The van der Waals surface area contributed by atoms with Gasteiger partial charge in [0, 0.05) is 11.5 Å². The zero-order valence-corrected chi connectivity index (χ0v) is 14.9. The molecule has 4 rings (SSSR count). The van der Waals surface area contributed by atoms with Gasteiger partial charge in [-0.15, -0.1) is 0 Å². The maximum atomic E-state index is 12.7. The third-order valence-electron chi connectivity index (χ3n) is 4.82. The summed E-state index contributed by atoms with van der Waals surface area (Å²) in [6.45, 7) is 0. The molecule has 4 heteroatoms. The smallest absolute Gasteiger partial charge is 0.181 e. The van der Waals surface area contributed by atoms with E-state index in [2.05, 4.69) is 0 Å². The van der Waals surface area contributed by atoms with Gasteiger partial charge in [0.05, 0.1) is 10.1 Å². The molecule has 0 bridgehead atoms. The standard InChI is InChI=1S/C22H18O3S/c23-22(18-13-11-17(12-14-18)16-7-3-1-4-8-16)20-15-21(20)26(24,25)19-9-5-2-6-10-19/h1-14,20-21H,15H2/t20-,21-/m0/s1. The van der Waals surface area contributed by atoms with Crippen LogP contribution >= 0.6 is 0 Å². The monoisotopic (exact) mass is 362 g/mol. The Morgan fingerprint density at radius 1 is 0.731 bits per heavy atom. The van der Waals surface area contributed by atoms with Crippen molar-refractivity contribution in [1.29, 1.82) is 0 Å². The normalized spacial score (nSPS) is 19.1. The molecule has 130 valence electrons. The van der Waals surface area contributed by atoms with Crippen LogP contribution in [-0.2, 0) is 9.84 Å². The predicted molar refractivity (Wildman–Crippen MR) is 102 cm³/mol. The molecule has 0 aliphatic heterocycles. The second-order valence-electron chi connectivity index (χ2n) is 6.55. The summed E-state index contributed by atoms with van der Waals surface area (Å²) in [5.74, 6) is -0.531. The summed E-state index contributed by atoms with van der Waals surface area (Å²) < 4.78 is 25.3. The lowest BCUT2D eigenvalue weighted by Gasteiger charge is -2.05. The summed E-state index contributed by atoms with van der Waals surface area (Å²) in [6.07, 6.45) is 0.399. The first-order valence-electron chi connectivity index (χ1n) is 8.56. The molecule has 26 heavy (non-hydrogen) atoms. The first kappa shape index (κ1) is 16.7. The van der Waals surface area contributed by atoms with Crippen molar-refractivity contribution in [3.05, 3.63) is 90.5 Å². The summed E-state index contributed by atoms with van der Waals surface area (Å²) >= 11 is 0. The lowest BCUT2D eigenvalue weighted by molar-refractivity contribution is 0.0968. The van der Waals surface area contributed by atoms with Gasteiger partial charge in [0.1, 0.15) is 0 Å². The number of carbonyl (C=O) groups excluding carboxylic acids is 1. The molecule has 0 saturated heterocycles. The summed E-state index contributed by atoms with van der Waals surface area (Å²) in [5.41, 5.74) is 2.69. The molecule has 1 saturated carbocycles. The molecule has 1 fully saturated rings. The first-order chi connectivity index (χ1) is 12.6. The van der Waals surface area contributed by atoms with Crippen LogP contribution in [0.2, 0.25) is 0 Å². The molecule has 3 aromatic carbocycles. The Morgan fingerprint density at radius 3 is 1.88 bits per heavy atom. The highest BCUT2D eigenvalue weighted by Crippen LogP contribution is 2.42. The second kappa shape index (κ2) is 6.54. The number of sulfone groups is 1. The lowest BCUT2D eigenvalue weighted by Crippen LogP contribution is -2.14. The fourth-order valence-electron chi connectivity index (χ4n) is 3.25. The Morgan fingerprint density at radius 2 is 1.27 bits per heavy atom. The minimum atomic E-state index is -3.44. The highest BCUT2D eigenvalue weighted by atomic mass is 32.2. The average molecular weight is 362 g/mol. The molecule has 0 N–H and O–H groups in total. The third-order valence-corrected chi connectivity index (χ3v) is 7.06. The van der Waals surface area contributed by atoms with Crippen LogP contribution in [0, 0.1) is 5.92 Å². The summed E-state index contributed by atoms with van der Waals surface area (Å²) in [6, 6.07) is 25.7. The molecule has 2 atom stereocenters. The van der Waals surface area contributed by atoms with Gasteiger partial charge < -0.3 is 0 Å². The molecule has 3 aromatic rings. The fourth-order valence-corrected chi connectivity index (χ4v) is 5.15. The lowest BCUT2D eigenvalue weighted by atomic mass is 10.0. The van der Waals surface area contributed by atoms with Crippen molar-refractivity contribution in [1.82, 2.24) is 0 Å². The van der Waals surface area contributed by atoms with E-state index in [0.717, 1.165) is 11.1 Å². The molecular weight excluding hydrogens is 344 g/mol. The highest BCUT2D eigenvalue weighted by Gasteiger charge is 2.52. The Balaban J connectivity index is 1.51. The van der Waals surface area contributed by atoms with Gasteiger partial charge in [-0.2, -0.15) is 0 Å². The summed E-state index contributed by atoms with van der Waals surface area (Å²) in [4.78, 5) is 13.0. The van der Waals surface area contributed by atoms with Crippen molar-refractivity contribution in [2.24, 2.45) is 5.92 Å². The van der Waals surface area contributed by atoms with Gasteiger partial charge in [0.15, 0.2) is 15.6 Å². The van der Waals surface area contributed by atoms with Gasteiger partial charge in [-0.1, -0.05) is 72.8 Å². The van der Waals surface area contributed by atoms with Crippen molar-refractivity contribution in [2.45, 2.75) is 16.6 Å². The van der Waals surface area contributed by atoms with E-state index in [9.17, 15) is 13.2 Å². The van der Waals surface area contributed by atoms with Gasteiger partial charge >= 0.3 is 0 Å². The van der Waals surface area contributed by atoms with E-state index in [0.29, 0.717) is 16.9 Å². The van der Waals surface area contributed by atoms with Crippen LogP contribution in [0.5, 0.6) is 0 Å². The topological polar surface area (TPSA) is 51.2 Å². The Bertz CT molecular complexity index is 1020. The maximum Gasteiger partial charge on any atom is 0.181 e. The third kappa shape index (κ3) is 3.08. The Hall–Kier alpha value is -2.72. The van der Waals surface area contributed by atoms with E-state index in [4.69, 9.17) is 0 Å². The average Bonchev–Trinajstić information content (AvgIpc) is 3.51. The highest BCUT2D eigenvalue weighted by molar-refractivity contribution is 7.92. The van der Waals surface area contributed by atoms with Crippen LogP contribution in [0.25, 0.3) is 11.1 Å². The zero-order valence-electron chi connectivity index (χ0n) is 14.1. The zero-order chi connectivity index (χ0) is 18.1. The predicted octanol–water partition coefficient (Wildman–Crippen LogP) is 4.40. The van der Waals surface area contributed by atoms with Crippen LogP contribution in [0.1, 0.15) is 16.8 Å². The van der Waals surface area contributed by atoms with E-state index in [1.165, 1.54) is 0 Å². The van der Waals surface area contributed by atoms with Gasteiger partial charge in [0.25, 0.3) is 0 Å². The largest absolute Gasteiger partial charge is 0.294 e. The minimum absolute atomic E-state index is 0.0888. The Labute approximate surface area is 153 Å². The van der Waals surface area contributed by atoms with E-state index < -0.39 is 21.0 Å². The summed E-state index contributed by atoms with van der Waals surface area (Å²) in [5, 5.41) is -0.605. The van der Waals surface area contributed by atoms with Crippen molar-refractivity contribution >= 4 is 15.6 Å². The number of carbonyl (C=O) groups is 1. The fraction of sp³-hybridized carbons (Fsp3) is 0.136. The first-order valence-corrected chi connectivity index (χ1v) is 10.1. The van der Waals surface area contributed by atoms with Gasteiger partial charge in [-0.3, -0.25) is 4.79 Å². The number of rotatable bonds is 5. The van der Waals surface area contributed by atoms with E-state index >= 15 is 0 Å². The van der Waals surface area contributed by atoms with E-state index in [1.807, 2.05) is 42.5 Å². The van der Waals surface area contributed by atoms with E-state index in [1.54, 1.807) is 42.5 Å². The molecule has 0 unspecified atom stereocenters. The molecule has 0 amide bonds. The molecule has 3 nitrogen and oxygen atoms in total.